The predicted octanol–water partition coefficient (Wildman–Crippen LogP) is 2.99. The van der Waals surface area contributed by atoms with Crippen molar-refractivity contribution in [3.05, 3.63) is 42.4 Å². The molecule has 0 bridgehead atoms. The summed E-state index contributed by atoms with van der Waals surface area (Å²) in [6.07, 6.45) is 1.62. The first-order valence-corrected chi connectivity index (χ1v) is 4.59. The Bertz CT molecular complexity index is 547. The molecule has 3 heteroatoms. The Hall–Kier alpha value is -1.90. The minimum Gasteiger partial charge on any atom is -0.383 e. The van der Waals surface area contributed by atoms with Gasteiger partial charge in [-0.15, -0.1) is 0 Å². The van der Waals surface area contributed by atoms with E-state index < -0.39 is 0 Å². The van der Waals surface area contributed by atoms with Gasteiger partial charge in [0.05, 0.1) is 0 Å². The van der Waals surface area contributed by atoms with Crippen molar-refractivity contribution in [1.29, 1.82) is 0 Å². The Kier molecular flexibility index (Phi) is 2.15. The molecule has 2 nitrogen and oxygen atoms in total. The Labute approximate surface area is 87.2 Å². The molecular weight excluding hydrogens is 191 g/mol. The summed E-state index contributed by atoms with van der Waals surface area (Å²) in [5.41, 5.74) is 7.39. The number of hydrogen-bond donors (Lipinski definition) is 1. The number of aromatic nitrogens is 1. The number of nitrogens with zero attached hydrogens (tertiary/aromatic N) is 1. The summed E-state index contributed by atoms with van der Waals surface area (Å²) >= 11 is 0. The summed E-state index contributed by atoms with van der Waals surface area (Å²) in [4.78, 5) is 4.05. The maximum absolute atomic E-state index is 13.1. The Morgan fingerprint density at radius 1 is 1.40 bits per heavy atom. The zero-order valence-electron chi connectivity index (χ0n) is 8.42. The first kappa shape index (κ1) is 9.65. The summed E-state index contributed by atoms with van der Waals surface area (Å²) < 4.78 is 13.1. The number of benzene rings is 1. The largest absolute Gasteiger partial charge is 0.383 e. The van der Waals surface area contributed by atoms with E-state index in [2.05, 4.69) is 11.6 Å². The number of halogens is 1. The van der Waals surface area contributed by atoms with E-state index >= 15 is 0 Å². The molecule has 2 N–H and O–H groups in total. The van der Waals surface area contributed by atoms with E-state index in [0.29, 0.717) is 5.82 Å². The van der Waals surface area contributed by atoms with Gasteiger partial charge in [-0.3, -0.25) is 0 Å². The SMILES string of the molecule is C=C(C)c1cnc(N)c2ccc(F)cc12. The second-order valence-corrected chi connectivity index (χ2v) is 3.53. The lowest BCUT2D eigenvalue weighted by atomic mass is 10.0. The quantitative estimate of drug-likeness (QED) is 0.772. The highest BCUT2D eigenvalue weighted by Gasteiger charge is 2.06. The van der Waals surface area contributed by atoms with E-state index in [4.69, 9.17) is 5.73 Å². The zero-order valence-corrected chi connectivity index (χ0v) is 8.42. The lowest BCUT2D eigenvalue weighted by molar-refractivity contribution is 0.629. The van der Waals surface area contributed by atoms with Crippen LogP contribution in [-0.2, 0) is 0 Å². The highest BCUT2D eigenvalue weighted by molar-refractivity contribution is 5.98. The van der Waals surface area contributed by atoms with Crippen molar-refractivity contribution in [2.45, 2.75) is 6.92 Å². The van der Waals surface area contributed by atoms with Crippen molar-refractivity contribution in [3.63, 3.8) is 0 Å². The van der Waals surface area contributed by atoms with Crippen molar-refractivity contribution in [2.24, 2.45) is 0 Å². The molecule has 0 spiro atoms. The van der Waals surface area contributed by atoms with Crippen LogP contribution in [0.2, 0.25) is 0 Å². The van der Waals surface area contributed by atoms with Gasteiger partial charge in [-0.05, 0) is 36.1 Å². The molecule has 0 amide bonds. The third-order valence-corrected chi connectivity index (χ3v) is 2.34. The third kappa shape index (κ3) is 1.56. The van der Waals surface area contributed by atoms with Crippen molar-refractivity contribution < 1.29 is 4.39 Å². The van der Waals surface area contributed by atoms with Gasteiger partial charge in [0.25, 0.3) is 0 Å². The van der Waals surface area contributed by atoms with Crippen LogP contribution in [0.4, 0.5) is 10.2 Å². The average molecular weight is 202 g/mol. The van der Waals surface area contributed by atoms with Gasteiger partial charge >= 0.3 is 0 Å². The molecule has 15 heavy (non-hydrogen) atoms. The third-order valence-electron chi connectivity index (χ3n) is 2.34. The number of hydrogen-bond acceptors (Lipinski definition) is 2. The van der Waals surface area contributed by atoms with Crippen molar-refractivity contribution in [3.8, 4) is 0 Å². The van der Waals surface area contributed by atoms with Crippen LogP contribution in [0.1, 0.15) is 12.5 Å². The van der Waals surface area contributed by atoms with Crippen LogP contribution in [-0.4, -0.2) is 4.98 Å². The van der Waals surface area contributed by atoms with Crippen LogP contribution >= 0.6 is 0 Å². The van der Waals surface area contributed by atoms with E-state index in [1.54, 1.807) is 12.3 Å². The number of rotatable bonds is 1. The summed E-state index contributed by atoms with van der Waals surface area (Å²) in [6.45, 7) is 5.69. The van der Waals surface area contributed by atoms with Crippen LogP contribution in [0.3, 0.4) is 0 Å². The van der Waals surface area contributed by atoms with Crippen LogP contribution in [0.5, 0.6) is 0 Å². The van der Waals surface area contributed by atoms with Gasteiger partial charge in [-0.25, -0.2) is 9.37 Å². The topological polar surface area (TPSA) is 38.9 Å². The molecule has 2 rings (SSSR count). The molecule has 0 saturated carbocycles. The van der Waals surface area contributed by atoms with Crippen molar-refractivity contribution in [2.75, 3.05) is 5.73 Å². The molecule has 2 aromatic rings. The number of allylic oxidation sites excluding steroid dienone is 1. The number of pyridine rings is 1. The van der Waals surface area contributed by atoms with Gasteiger partial charge in [0.1, 0.15) is 11.6 Å². The molecule has 0 atom stereocenters. The summed E-state index contributed by atoms with van der Waals surface area (Å²) in [5, 5.41) is 1.52. The summed E-state index contributed by atoms with van der Waals surface area (Å²) in [6, 6.07) is 4.47. The van der Waals surface area contributed by atoms with Crippen LogP contribution in [0.15, 0.2) is 31.0 Å². The Morgan fingerprint density at radius 2 is 2.13 bits per heavy atom. The molecule has 1 aromatic heterocycles. The molecule has 1 aromatic carbocycles. The van der Waals surface area contributed by atoms with Crippen molar-refractivity contribution in [1.82, 2.24) is 4.98 Å². The van der Waals surface area contributed by atoms with Gasteiger partial charge in [0.15, 0.2) is 0 Å². The Balaban J connectivity index is 2.90. The van der Waals surface area contributed by atoms with Crippen LogP contribution < -0.4 is 5.73 Å². The fourth-order valence-electron chi connectivity index (χ4n) is 1.58. The predicted molar refractivity (Wildman–Crippen MR) is 60.8 cm³/mol. The monoisotopic (exact) mass is 202 g/mol. The molecule has 76 valence electrons. The molecule has 0 unspecified atom stereocenters. The number of fused-ring (bicyclic) bond motifs is 1. The van der Waals surface area contributed by atoms with Gasteiger partial charge in [0.2, 0.25) is 0 Å². The second-order valence-electron chi connectivity index (χ2n) is 3.53. The van der Waals surface area contributed by atoms with E-state index in [1.807, 2.05) is 6.92 Å². The molecule has 0 aliphatic carbocycles. The molecule has 0 radical (unpaired) electrons. The fraction of sp³-hybridized carbons (Fsp3) is 0.0833. The standard InChI is InChI=1S/C12H11FN2/c1-7(2)11-6-15-12(14)9-4-3-8(13)5-10(9)11/h3-6H,1H2,2H3,(H2,14,15). The molecular formula is C12H11FN2. The first-order chi connectivity index (χ1) is 7.09. The first-order valence-electron chi connectivity index (χ1n) is 4.59. The lowest BCUT2D eigenvalue weighted by Gasteiger charge is -2.07. The molecule has 0 aliphatic rings. The molecule has 0 aliphatic heterocycles. The van der Waals surface area contributed by atoms with E-state index in [1.165, 1.54) is 12.1 Å². The van der Waals surface area contributed by atoms with Crippen LogP contribution in [0, 0.1) is 5.82 Å². The van der Waals surface area contributed by atoms with Gasteiger partial charge in [-0.1, -0.05) is 6.58 Å². The smallest absolute Gasteiger partial charge is 0.131 e. The van der Waals surface area contributed by atoms with Gasteiger partial charge < -0.3 is 5.73 Å². The van der Waals surface area contributed by atoms with E-state index in [9.17, 15) is 4.39 Å². The maximum atomic E-state index is 13.1. The summed E-state index contributed by atoms with van der Waals surface area (Å²) in [7, 11) is 0. The average Bonchev–Trinajstić information content (AvgIpc) is 2.17. The highest BCUT2D eigenvalue weighted by Crippen LogP contribution is 2.27. The van der Waals surface area contributed by atoms with E-state index in [0.717, 1.165) is 21.9 Å². The minimum absolute atomic E-state index is 0.282. The number of nitrogen functional groups attached to an aromatic ring is 1. The normalized spacial score (nSPS) is 10.5. The minimum atomic E-state index is -0.282. The molecule has 1 heterocycles. The second kappa shape index (κ2) is 3.35. The number of anilines is 1. The lowest BCUT2D eigenvalue weighted by Crippen LogP contribution is -1.94. The van der Waals surface area contributed by atoms with Crippen LogP contribution in [0.25, 0.3) is 16.3 Å². The van der Waals surface area contributed by atoms with E-state index in [-0.39, 0.29) is 5.82 Å². The Morgan fingerprint density at radius 3 is 2.80 bits per heavy atom. The van der Waals surface area contributed by atoms with Crippen molar-refractivity contribution >= 4 is 22.2 Å². The highest BCUT2D eigenvalue weighted by atomic mass is 19.1. The van der Waals surface area contributed by atoms with Gasteiger partial charge in [0, 0.05) is 17.1 Å². The van der Waals surface area contributed by atoms with Gasteiger partial charge in [-0.2, -0.15) is 0 Å². The fourth-order valence-corrected chi connectivity index (χ4v) is 1.58. The number of nitrogens with two attached hydrogens (primary N) is 1. The molecule has 0 fully saturated rings. The zero-order chi connectivity index (χ0) is 11.0. The molecule has 0 saturated heterocycles. The summed E-state index contributed by atoms with van der Waals surface area (Å²) in [5.74, 6) is 0.130. The maximum Gasteiger partial charge on any atom is 0.131 e.